The van der Waals surface area contributed by atoms with Gasteiger partial charge in [-0.25, -0.2) is 0 Å². The molecule has 3 aliphatic rings. The molecule has 0 aromatic carbocycles. The summed E-state index contributed by atoms with van der Waals surface area (Å²) in [7, 11) is 0. The summed E-state index contributed by atoms with van der Waals surface area (Å²) in [5.41, 5.74) is 1.36. The summed E-state index contributed by atoms with van der Waals surface area (Å²) in [6.07, 6.45) is 6.37. The number of amides is 2. The first kappa shape index (κ1) is 18.4. The number of hydrogen-bond acceptors (Lipinski definition) is 3. The van der Waals surface area contributed by atoms with Crippen molar-refractivity contribution in [1.82, 2.24) is 15.5 Å². The number of rotatable bonds is 6. The first-order chi connectivity index (χ1) is 11.8. The van der Waals surface area contributed by atoms with Gasteiger partial charge in [-0.05, 0) is 50.9 Å². The third-order valence-corrected chi connectivity index (χ3v) is 5.95. The number of carbonyl (C=O) groups is 2. The van der Waals surface area contributed by atoms with Crippen molar-refractivity contribution >= 4 is 11.8 Å². The minimum atomic E-state index is 0.0724. The Morgan fingerprint density at radius 1 is 1.04 bits per heavy atom. The molecule has 1 aliphatic heterocycles. The second-order valence-electron chi connectivity index (χ2n) is 8.97. The van der Waals surface area contributed by atoms with Crippen LogP contribution in [0.2, 0.25) is 0 Å². The number of carbonyl (C=O) groups excluding carboxylic acids is 2. The highest BCUT2D eigenvalue weighted by atomic mass is 16.2. The van der Waals surface area contributed by atoms with Crippen molar-refractivity contribution < 1.29 is 9.59 Å². The van der Waals surface area contributed by atoms with Crippen molar-refractivity contribution in [3.8, 4) is 0 Å². The van der Waals surface area contributed by atoms with Crippen LogP contribution in [0.1, 0.15) is 53.4 Å². The Morgan fingerprint density at radius 2 is 1.64 bits per heavy atom. The normalized spacial score (nSPS) is 29.0. The highest BCUT2D eigenvalue weighted by molar-refractivity contribution is 5.84. The first-order valence-electron chi connectivity index (χ1n) is 9.74. The van der Waals surface area contributed by atoms with Crippen LogP contribution in [0.15, 0.2) is 11.6 Å². The van der Waals surface area contributed by atoms with Crippen LogP contribution >= 0.6 is 0 Å². The summed E-state index contributed by atoms with van der Waals surface area (Å²) in [5.74, 6) is 0.820. The second-order valence-corrected chi connectivity index (χ2v) is 8.97. The Balaban J connectivity index is 1.40. The molecular weight excluding hydrogens is 314 g/mol. The van der Waals surface area contributed by atoms with Crippen molar-refractivity contribution in [3.05, 3.63) is 11.6 Å². The Bertz CT molecular complexity index is 553. The largest absolute Gasteiger partial charge is 0.353 e. The molecule has 0 aromatic rings. The Labute approximate surface area is 151 Å². The topological polar surface area (TPSA) is 61.4 Å². The van der Waals surface area contributed by atoms with Crippen LogP contribution in [0.4, 0.5) is 0 Å². The van der Waals surface area contributed by atoms with E-state index < -0.39 is 0 Å². The molecule has 0 radical (unpaired) electrons. The fourth-order valence-electron chi connectivity index (χ4n) is 4.08. The maximum Gasteiger partial charge on any atom is 0.234 e. The van der Waals surface area contributed by atoms with Gasteiger partial charge in [-0.15, -0.1) is 0 Å². The Kier molecular flexibility index (Phi) is 5.24. The molecule has 2 aliphatic carbocycles. The molecule has 3 fully saturated rings. The molecule has 0 aromatic heterocycles. The van der Waals surface area contributed by atoms with Crippen LogP contribution in [-0.2, 0) is 9.59 Å². The van der Waals surface area contributed by atoms with Gasteiger partial charge < -0.3 is 10.6 Å². The van der Waals surface area contributed by atoms with E-state index in [1.54, 1.807) is 0 Å². The molecule has 1 heterocycles. The van der Waals surface area contributed by atoms with E-state index in [1.165, 1.54) is 5.57 Å². The fraction of sp³-hybridized carbons (Fsp3) is 0.800. The van der Waals surface area contributed by atoms with Crippen LogP contribution in [0, 0.1) is 17.3 Å². The Morgan fingerprint density at radius 3 is 2.20 bits per heavy atom. The van der Waals surface area contributed by atoms with Crippen molar-refractivity contribution in [2.75, 3.05) is 19.6 Å². The van der Waals surface area contributed by atoms with Crippen LogP contribution in [0.25, 0.3) is 0 Å². The molecule has 25 heavy (non-hydrogen) atoms. The summed E-state index contributed by atoms with van der Waals surface area (Å²) >= 11 is 0. The van der Waals surface area contributed by atoms with E-state index in [4.69, 9.17) is 0 Å². The van der Waals surface area contributed by atoms with E-state index in [1.807, 2.05) is 0 Å². The van der Waals surface area contributed by atoms with Crippen molar-refractivity contribution in [3.63, 3.8) is 0 Å². The SMILES string of the molecule is CC(C)=C[C@@H]1[C@H](C(=O)NC2CCN(CC(=O)NC3CC3)CC2)C1(C)C. The lowest BCUT2D eigenvalue weighted by Gasteiger charge is -2.32. The maximum absolute atomic E-state index is 12.7. The van der Waals surface area contributed by atoms with Crippen molar-refractivity contribution in [2.45, 2.75) is 65.5 Å². The molecule has 0 bridgehead atoms. The van der Waals surface area contributed by atoms with Gasteiger partial charge in [0, 0.05) is 25.2 Å². The summed E-state index contributed by atoms with van der Waals surface area (Å²) in [6.45, 7) is 10.8. The van der Waals surface area contributed by atoms with Gasteiger partial charge in [-0.3, -0.25) is 14.5 Å². The van der Waals surface area contributed by atoms with Gasteiger partial charge in [-0.2, -0.15) is 0 Å². The zero-order valence-electron chi connectivity index (χ0n) is 16.1. The number of allylic oxidation sites excluding steroid dienone is 2. The van der Waals surface area contributed by atoms with E-state index in [2.05, 4.69) is 49.3 Å². The highest BCUT2D eigenvalue weighted by Gasteiger charge is 2.60. The molecule has 2 atom stereocenters. The number of nitrogens with one attached hydrogen (secondary N) is 2. The average Bonchev–Trinajstić information content (AvgIpc) is 3.40. The molecule has 3 rings (SSSR count). The predicted octanol–water partition coefficient (Wildman–Crippen LogP) is 2.08. The molecule has 2 saturated carbocycles. The third-order valence-electron chi connectivity index (χ3n) is 5.95. The maximum atomic E-state index is 12.7. The van der Waals surface area contributed by atoms with Gasteiger partial charge >= 0.3 is 0 Å². The van der Waals surface area contributed by atoms with E-state index in [0.29, 0.717) is 18.5 Å². The third kappa shape index (κ3) is 4.63. The lowest BCUT2D eigenvalue weighted by atomic mass is 10.0. The van der Waals surface area contributed by atoms with Gasteiger partial charge in [0.05, 0.1) is 12.5 Å². The quantitative estimate of drug-likeness (QED) is 0.723. The molecule has 2 N–H and O–H groups in total. The Hall–Kier alpha value is -1.36. The van der Waals surface area contributed by atoms with E-state index >= 15 is 0 Å². The van der Waals surface area contributed by atoms with Gasteiger partial charge in [-0.1, -0.05) is 25.5 Å². The first-order valence-corrected chi connectivity index (χ1v) is 9.74. The summed E-state index contributed by atoms with van der Waals surface area (Å²) in [5, 5.41) is 6.30. The molecule has 2 amide bonds. The second kappa shape index (κ2) is 7.10. The molecule has 0 unspecified atom stereocenters. The number of hydrogen-bond donors (Lipinski definition) is 2. The smallest absolute Gasteiger partial charge is 0.234 e. The fourth-order valence-corrected chi connectivity index (χ4v) is 4.08. The minimum absolute atomic E-state index is 0.0724. The molecule has 5 heteroatoms. The average molecular weight is 348 g/mol. The molecule has 140 valence electrons. The standard InChI is InChI=1S/C20H33N3O2/c1-13(2)11-16-18(20(16,3)4)19(25)22-15-7-9-23(10-8-15)12-17(24)21-14-5-6-14/h11,14-16,18H,5-10,12H2,1-4H3,(H,21,24)(H,22,25)/t16-,18-/m1/s1. The van der Waals surface area contributed by atoms with Crippen LogP contribution < -0.4 is 10.6 Å². The van der Waals surface area contributed by atoms with Crippen LogP contribution in [0.5, 0.6) is 0 Å². The minimum Gasteiger partial charge on any atom is -0.353 e. The van der Waals surface area contributed by atoms with Gasteiger partial charge in [0.2, 0.25) is 11.8 Å². The summed E-state index contributed by atoms with van der Waals surface area (Å²) in [6, 6.07) is 0.680. The highest BCUT2D eigenvalue weighted by Crippen LogP contribution is 2.59. The van der Waals surface area contributed by atoms with E-state index in [0.717, 1.165) is 38.8 Å². The van der Waals surface area contributed by atoms with Crippen LogP contribution in [0.3, 0.4) is 0 Å². The lowest BCUT2D eigenvalue weighted by Crippen LogP contribution is -2.48. The van der Waals surface area contributed by atoms with Crippen molar-refractivity contribution in [1.29, 1.82) is 0 Å². The van der Waals surface area contributed by atoms with E-state index in [9.17, 15) is 9.59 Å². The van der Waals surface area contributed by atoms with Gasteiger partial charge in [0.1, 0.15) is 0 Å². The zero-order valence-corrected chi connectivity index (χ0v) is 16.1. The number of likely N-dealkylation sites (tertiary alicyclic amines) is 1. The zero-order chi connectivity index (χ0) is 18.2. The van der Waals surface area contributed by atoms with Crippen LogP contribution in [-0.4, -0.2) is 48.4 Å². The molecule has 5 nitrogen and oxygen atoms in total. The molecule has 1 saturated heterocycles. The monoisotopic (exact) mass is 347 g/mol. The predicted molar refractivity (Wildman–Crippen MR) is 99.0 cm³/mol. The summed E-state index contributed by atoms with van der Waals surface area (Å²) in [4.78, 5) is 26.7. The summed E-state index contributed by atoms with van der Waals surface area (Å²) < 4.78 is 0. The van der Waals surface area contributed by atoms with Gasteiger partial charge in [0.15, 0.2) is 0 Å². The van der Waals surface area contributed by atoms with Crippen molar-refractivity contribution in [2.24, 2.45) is 17.3 Å². The van der Waals surface area contributed by atoms with Gasteiger partial charge in [0.25, 0.3) is 0 Å². The number of nitrogens with zero attached hydrogens (tertiary/aromatic N) is 1. The van der Waals surface area contributed by atoms with E-state index in [-0.39, 0.29) is 29.2 Å². The molecule has 0 spiro atoms. The number of piperidine rings is 1. The molecular formula is C20H33N3O2. The lowest BCUT2D eigenvalue weighted by molar-refractivity contribution is -0.125.